The van der Waals surface area contributed by atoms with Crippen molar-refractivity contribution in [1.82, 2.24) is 25.0 Å². The molecule has 1 atom stereocenters. The molecule has 1 N–H and O–H groups in total. The lowest BCUT2D eigenvalue weighted by atomic mass is 9.97. The minimum absolute atomic E-state index is 0.0350. The molecule has 0 radical (unpaired) electrons. The van der Waals surface area contributed by atoms with Gasteiger partial charge in [0.15, 0.2) is 0 Å². The maximum atomic E-state index is 15.6. The molecule has 1 unspecified atom stereocenters. The number of halogens is 1. The Bertz CT molecular complexity index is 1710. The van der Waals surface area contributed by atoms with Gasteiger partial charge < -0.3 is 24.3 Å². The fraction of sp³-hybridized carbons (Fsp3) is 0.444. The summed E-state index contributed by atoms with van der Waals surface area (Å²) in [5, 5.41) is 13.4. The zero-order valence-corrected chi connectivity index (χ0v) is 27.8. The lowest BCUT2D eigenvalue weighted by Crippen LogP contribution is -2.45. The van der Waals surface area contributed by atoms with Crippen LogP contribution in [0.15, 0.2) is 65.6 Å². The van der Waals surface area contributed by atoms with Crippen molar-refractivity contribution >= 4 is 17.2 Å². The average Bonchev–Trinajstić information content (AvgIpc) is 3.58. The highest BCUT2D eigenvalue weighted by Gasteiger charge is 2.25. The van der Waals surface area contributed by atoms with Gasteiger partial charge in [-0.05, 0) is 87.0 Å². The number of nitrogens with zero attached hydrogens (tertiary/aromatic N) is 4. The summed E-state index contributed by atoms with van der Waals surface area (Å²) in [4.78, 5) is 28.4. The predicted molar refractivity (Wildman–Crippen MR) is 181 cm³/mol. The lowest BCUT2D eigenvalue weighted by Gasteiger charge is -2.33. The number of piperidine rings is 1. The Morgan fingerprint density at radius 2 is 1.91 bits per heavy atom. The summed E-state index contributed by atoms with van der Waals surface area (Å²) in [7, 11) is 0. The first-order valence-electron chi connectivity index (χ1n) is 16.5. The minimum Gasteiger partial charge on any atom is -0.457 e. The molecule has 6 rings (SSSR count). The number of carbonyl (C=O) groups is 1. The molecule has 2 saturated heterocycles. The maximum absolute atomic E-state index is 15.6. The van der Waals surface area contributed by atoms with Crippen molar-refractivity contribution in [3.8, 4) is 22.1 Å². The highest BCUT2D eigenvalue weighted by atomic mass is 32.1. The van der Waals surface area contributed by atoms with Gasteiger partial charge in [-0.25, -0.2) is 4.39 Å². The molecule has 2 aliphatic rings. The first kappa shape index (κ1) is 33.0. The van der Waals surface area contributed by atoms with Crippen LogP contribution in [0.1, 0.15) is 72.8 Å². The van der Waals surface area contributed by atoms with Crippen molar-refractivity contribution in [2.45, 2.75) is 64.5 Å². The van der Waals surface area contributed by atoms with E-state index in [1.54, 1.807) is 29.7 Å². The molecular formula is C36H42FN5O4S. The third-order valence-electron chi connectivity index (χ3n) is 8.93. The number of pyridine rings is 1. The zero-order chi connectivity index (χ0) is 32.8. The van der Waals surface area contributed by atoms with Gasteiger partial charge in [-0.1, -0.05) is 31.3 Å². The Balaban J connectivity index is 1.16. The molecule has 0 spiro atoms. The molecule has 248 valence electrons. The van der Waals surface area contributed by atoms with Crippen molar-refractivity contribution in [2.75, 3.05) is 32.8 Å². The summed E-state index contributed by atoms with van der Waals surface area (Å²) in [6.07, 6.45) is 6.78. The lowest BCUT2D eigenvalue weighted by molar-refractivity contribution is 0.0456. The topological polar surface area (TPSA) is 98.6 Å². The molecule has 2 fully saturated rings. The van der Waals surface area contributed by atoms with E-state index in [2.05, 4.69) is 34.3 Å². The van der Waals surface area contributed by atoms with Crippen LogP contribution in [0, 0.1) is 11.7 Å². The van der Waals surface area contributed by atoms with Crippen LogP contribution in [-0.2, 0) is 11.3 Å². The molecule has 2 aromatic carbocycles. The van der Waals surface area contributed by atoms with Gasteiger partial charge in [0, 0.05) is 61.7 Å². The van der Waals surface area contributed by atoms with Gasteiger partial charge in [0.2, 0.25) is 0 Å². The largest absolute Gasteiger partial charge is 0.457 e. The second kappa shape index (κ2) is 15.3. The van der Waals surface area contributed by atoms with Crippen molar-refractivity contribution in [3.63, 3.8) is 0 Å². The van der Waals surface area contributed by atoms with Crippen LogP contribution in [0.2, 0.25) is 0 Å². The van der Waals surface area contributed by atoms with Crippen molar-refractivity contribution in [3.05, 3.63) is 93.1 Å². The highest BCUT2D eigenvalue weighted by Crippen LogP contribution is 2.32. The molecule has 47 heavy (non-hydrogen) atoms. The fourth-order valence-corrected chi connectivity index (χ4v) is 6.95. The maximum Gasteiger partial charge on any atom is 0.254 e. The van der Waals surface area contributed by atoms with Crippen LogP contribution < -0.4 is 15.6 Å². The Labute approximate surface area is 278 Å². The number of amides is 1. The molecule has 9 nitrogen and oxygen atoms in total. The van der Waals surface area contributed by atoms with Crippen LogP contribution in [-0.4, -0.2) is 64.5 Å². The van der Waals surface area contributed by atoms with Crippen LogP contribution in [0.5, 0.6) is 11.5 Å². The van der Waals surface area contributed by atoms with E-state index in [4.69, 9.17) is 9.47 Å². The molecule has 0 saturated carbocycles. The molecule has 2 aliphatic heterocycles. The Morgan fingerprint density at radius 3 is 2.62 bits per heavy atom. The van der Waals surface area contributed by atoms with E-state index < -0.39 is 11.7 Å². The molecule has 11 heteroatoms. The molecule has 0 aliphatic carbocycles. The first-order valence-corrected chi connectivity index (χ1v) is 17.3. The second-order valence-electron chi connectivity index (χ2n) is 12.8. The molecular weight excluding hydrogens is 617 g/mol. The van der Waals surface area contributed by atoms with Crippen LogP contribution >= 0.6 is 11.3 Å². The van der Waals surface area contributed by atoms with Gasteiger partial charge >= 0.3 is 0 Å². The highest BCUT2D eigenvalue weighted by molar-refractivity contribution is 7.14. The summed E-state index contributed by atoms with van der Waals surface area (Å²) in [5.74, 6) is 0.613. The number of nitrogens with one attached hydrogen (secondary N) is 1. The SMILES string of the molecule is CC(C)c1nnc(-c2ccc(Oc3cc(C(=O)NC4CCN(CCC5CCCOC5)CC4)c(F)cc3Cn3ccccc3=O)cc2)s1. The Morgan fingerprint density at radius 1 is 1.11 bits per heavy atom. The van der Waals surface area contributed by atoms with Crippen molar-refractivity contribution < 1.29 is 18.7 Å². The van der Waals surface area contributed by atoms with Crippen LogP contribution in [0.4, 0.5) is 4.39 Å². The molecule has 1 amide bonds. The molecule has 4 heterocycles. The average molecular weight is 660 g/mol. The molecule has 4 aromatic rings. The zero-order valence-electron chi connectivity index (χ0n) is 27.0. The van der Waals surface area contributed by atoms with Gasteiger partial charge in [-0.15, -0.1) is 10.2 Å². The summed E-state index contributed by atoms with van der Waals surface area (Å²) in [5.41, 5.74) is 1.04. The third kappa shape index (κ3) is 8.51. The second-order valence-corrected chi connectivity index (χ2v) is 13.8. The van der Waals surface area contributed by atoms with Gasteiger partial charge in [0.1, 0.15) is 27.3 Å². The standard InChI is InChI=1S/C36H42FN5O4S/c1-24(2)35-39-40-36(47-35)26-8-10-29(11-9-26)46-32-21-30(31(37)20-27(32)22-42-15-4-3-7-33(42)43)34(44)38-28-13-17-41(18-14-28)16-12-25-6-5-19-45-23-25/h3-4,7-11,15,20-21,24-25,28H,5-6,12-14,16-19,22-23H2,1-2H3,(H,38,44). The van der Waals surface area contributed by atoms with Crippen LogP contribution in [0.25, 0.3) is 10.6 Å². The van der Waals surface area contributed by atoms with Gasteiger partial charge in [0.25, 0.3) is 11.5 Å². The monoisotopic (exact) mass is 659 g/mol. The van der Waals surface area contributed by atoms with E-state index in [0.717, 1.165) is 74.1 Å². The van der Waals surface area contributed by atoms with E-state index in [1.165, 1.54) is 29.2 Å². The van der Waals surface area contributed by atoms with E-state index in [0.29, 0.717) is 28.9 Å². The first-order chi connectivity index (χ1) is 22.8. The summed E-state index contributed by atoms with van der Waals surface area (Å²) in [6.45, 7) is 8.81. The predicted octanol–water partition coefficient (Wildman–Crippen LogP) is 6.48. The number of aromatic nitrogens is 3. The third-order valence-corrected chi connectivity index (χ3v) is 10.2. The van der Waals surface area contributed by atoms with Gasteiger partial charge in [-0.3, -0.25) is 9.59 Å². The van der Waals surface area contributed by atoms with E-state index in [1.807, 2.05) is 24.3 Å². The summed E-state index contributed by atoms with van der Waals surface area (Å²) >= 11 is 1.55. The minimum atomic E-state index is -0.659. The van der Waals surface area contributed by atoms with Crippen molar-refractivity contribution in [2.24, 2.45) is 5.92 Å². The van der Waals surface area contributed by atoms with Gasteiger partial charge in [0.05, 0.1) is 12.1 Å². The van der Waals surface area contributed by atoms with Crippen LogP contribution in [0.3, 0.4) is 0 Å². The summed E-state index contributed by atoms with van der Waals surface area (Å²) in [6, 6.07) is 15.0. The van der Waals surface area contributed by atoms with Gasteiger partial charge in [-0.2, -0.15) is 0 Å². The number of likely N-dealkylation sites (tertiary alicyclic amines) is 1. The quantitative estimate of drug-likeness (QED) is 0.197. The van der Waals surface area contributed by atoms with E-state index >= 15 is 4.39 Å². The Hall–Kier alpha value is -3.93. The number of ether oxygens (including phenoxy) is 2. The Kier molecular flexibility index (Phi) is 10.7. The smallest absolute Gasteiger partial charge is 0.254 e. The number of rotatable bonds is 11. The summed E-state index contributed by atoms with van der Waals surface area (Å²) < 4.78 is 28.9. The van der Waals surface area contributed by atoms with E-state index in [-0.39, 0.29) is 23.7 Å². The number of benzene rings is 2. The number of hydrogen-bond donors (Lipinski definition) is 1. The normalized spacial score (nSPS) is 17.6. The van der Waals surface area contributed by atoms with E-state index in [9.17, 15) is 9.59 Å². The molecule has 0 bridgehead atoms. The molecule has 2 aromatic heterocycles. The number of hydrogen-bond acceptors (Lipinski definition) is 8. The number of carbonyl (C=O) groups excluding carboxylic acids is 1. The van der Waals surface area contributed by atoms with Crippen molar-refractivity contribution in [1.29, 1.82) is 0 Å². The fourth-order valence-electron chi connectivity index (χ4n) is 6.10.